The second-order valence-corrected chi connectivity index (χ2v) is 6.73. The topological polar surface area (TPSA) is 17.8 Å². The molecule has 3 rings (SSSR count). The van der Waals surface area contributed by atoms with Gasteiger partial charge < -0.3 is 4.57 Å². The lowest BCUT2D eigenvalue weighted by atomic mass is 10.2. The van der Waals surface area contributed by atoms with Crippen LogP contribution in [0.2, 0.25) is 10.0 Å². The number of nitrogens with zero attached hydrogens (tertiary/aromatic N) is 2. The Bertz CT molecular complexity index is 782. The average molecular weight is 349 g/mol. The van der Waals surface area contributed by atoms with E-state index in [2.05, 4.69) is 15.6 Å². The minimum atomic E-state index is 0.737. The largest absolute Gasteiger partial charge is 0.322 e. The van der Waals surface area contributed by atoms with Gasteiger partial charge in [0.1, 0.15) is 0 Å². The molecule has 112 valence electrons. The van der Waals surface area contributed by atoms with Gasteiger partial charge in [-0.25, -0.2) is 4.98 Å². The van der Waals surface area contributed by atoms with Gasteiger partial charge in [0, 0.05) is 22.8 Å². The molecule has 0 fully saturated rings. The number of rotatable bonds is 4. The zero-order valence-corrected chi connectivity index (χ0v) is 14.3. The van der Waals surface area contributed by atoms with E-state index in [9.17, 15) is 0 Å². The van der Waals surface area contributed by atoms with E-state index >= 15 is 0 Å². The van der Waals surface area contributed by atoms with E-state index in [0.717, 1.165) is 32.2 Å². The van der Waals surface area contributed by atoms with E-state index in [4.69, 9.17) is 23.2 Å². The van der Waals surface area contributed by atoms with Gasteiger partial charge in [-0.3, -0.25) is 0 Å². The van der Waals surface area contributed by atoms with Crippen molar-refractivity contribution in [3.8, 4) is 11.3 Å². The third kappa shape index (κ3) is 3.49. The van der Waals surface area contributed by atoms with Gasteiger partial charge in [-0.2, -0.15) is 0 Å². The van der Waals surface area contributed by atoms with Crippen LogP contribution in [-0.4, -0.2) is 9.55 Å². The summed E-state index contributed by atoms with van der Waals surface area (Å²) >= 11 is 13.6. The van der Waals surface area contributed by atoms with Crippen LogP contribution in [0.1, 0.15) is 5.56 Å². The van der Waals surface area contributed by atoms with Gasteiger partial charge in [-0.05, 0) is 35.4 Å². The number of hydrogen-bond donors (Lipinski definition) is 0. The van der Waals surface area contributed by atoms with Crippen LogP contribution in [0.25, 0.3) is 11.3 Å². The highest BCUT2D eigenvalue weighted by atomic mass is 35.5. The van der Waals surface area contributed by atoms with E-state index in [1.807, 2.05) is 55.7 Å². The maximum absolute atomic E-state index is 6.01. The molecule has 3 aromatic rings. The van der Waals surface area contributed by atoms with Crippen molar-refractivity contribution in [2.24, 2.45) is 7.05 Å². The summed E-state index contributed by atoms with van der Waals surface area (Å²) < 4.78 is 2.10. The predicted octanol–water partition coefficient (Wildman–Crippen LogP) is 5.69. The summed E-state index contributed by atoms with van der Waals surface area (Å²) in [5.41, 5.74) is 3.37. The van der Waals surface area contributed by atoms with Gasteiger partial charge >= 0.3 is 0 Å². The molecule has 0 spiro atoms. The number of halogens is 2. The third-order valence-electron chi connectivity index (χ3n) is 3.34. The molecule has 0 N–H and O–H groups in total. The summed E-state index contributed by atoms with van der Waals surface area (Å²) in [6.45, 7) is 0. The fourth-order valence-electron chi connectivity index (χ4n) is 2.19. The average Bonchev–Trinajstić information content (AvgIpc) is 2.87. The van der Waals surface area contributed by atoms with Crippen LogP contribution in [0.5, 0.6) is 0 Å². The Hall–Kier alpha value is -1.42. The molecule has 0 saturated heterocycles. The highest BCUT2D eigenvalue weighted by Crippen LogP contribution is 2.28. The Balaban J connectivity index is 1.77. The lowest BCUT2D eigenvalue weighted by Crippen LogP contribution is -1.94. The third-order valence-corrected chi connectivity index (χ3v) is 4.94. The summed E-state index contributed by atoms with van der Waals surface area (Å²) in [6.07, 6.45) is 1.89. The molecular formula is C17H14Cl2N2S. The van der Waals surface area contributed by atoms with Gasteiger partial charge in [0.15, 0.2) is 5.16 Å². The molecule has 2 nitrogen and oxygen atoms in total. The molecule has 0 saturated carbocycles. The molecule has 0 atom stereocenters. The number of thioether (sulfide) groups is 1. The van der Waals surface area contributed by atoms with Crippen LogP contribution in [-0.2, 0) is 12.8 Å². The summed E-state index contributed by atoms with van der Waals surface area (Å²) in [4.78, 5) is 4.51. The monoisotopic (exact) mass is 348 g/mol. The quantitative estimate of drug-likeness (QED) is 0.564. The molecular weight excluding hydrogens is 335 g/mol. The molecule has 2 aromatic carbocycles. The van der Waals surface area contributed by atoms with Gasteiger partial charge in [0.2, 0.25) is 0 Å². The van der Waals surface area contributed by atoms with E-state index < -0.39 is 0 Å². The van der Waals surface area contributed by atoms with Gasteiger partial charge in [-0.15, -0.1) is 0 Å². The second-order valence-electron chi connectivity index (χ2n) is 4.91. The smallest absolute Gasteiger partial charge is 0.168 e. The molecule has 22 heavy (non-hydrogen) atoms. The van der Waals surface area contributed by atoms with E-state index in [0.29, 0.717) is 0 Å². The van der Waals surface area contributed by atoms with E-state index in [1.54, 1.807) is 11.8 Å². The maximum atomic E-state index is 6.01. The van der Waals surface area contributed by atoms with Gasteiger partial charge in [-0.1, -0.05) is 59.2 Å². The van der Waals surface area contributed by atoms with Crippen molar-refractivity contribution in [1.29, 1.82) is 0 Å². The highest BCUT2D eigenvalue weighted by molar-refractivity contribution is 7.98. The molecule has 0 aliphatic rings. The zero-order chi connectivity index (χ0) is 15.5. The maximum Gasteiger partial charge on any atom is 0.168 e. The fourth-order valence-corrected chi connectivity index (χ4v) is 3.42. The van der Waals surface area contributed by atoms with Crippen LogP contribution in [0.3, 0.4) is 0 Å². The van der Waals surface area contributed by atoms with Crippen LogP contribution in [0, 0.1) is 0 Å². The normalized spacial score (nSPS) is 10.9. The van der Waals surface area contributed by atoms with Crippen molar-refractivity contribution in [2.45, 2.75) is 10.9 Å². The Morgan fingerprint density at radius 2 is 1.82 bits per heavy atom. The summed E-state index contributed by atoms with van der Waals surface area (Å²) in [6, 6.07) is 15.7. The molecule has 1 heterocycles. The van der Waals surface area contributed by atoms with Crippen LogP contribution in [0.15, 0.2) is 59.9 Å². The van der Waals surface area contributed by atoms with Gasteiger partial charge in [0.25, 0.3) is 0 Å². The molecule has 0 aliphatic carbocycles. The first-order valence-corrected chi connectivity index (χ1v) is 8.52. The SMILES string of the molecule is Cn1c(-c2ccc(Cl)cc2)cnc1SCc1cccc(Cl)c1. The zero-order valence-electron chi connectivity index (χ0n) is 12.0. The van der Waals surface area contributed by atoms with Crippen molar-refractivity contribution < 1.29 is 0 Å². The van der Waals surface area contributed by atoms with Crippen molar-refractivity contribution >= 4 is 35.0 Å². The van der Waals surface area contributed by atoms with Crippen LogP contribution in [0.4, 0.5) is 0 Å². The second kappa shape index (κ2) is 6.78. The molecule has 0 bridgehead atoms. The molecule has 1 aromatic heterocycles. The van der Waals surface area contributed by atoms with Gasteiger partial charge in [0.05, 0.1) is 11.9 Å². The van der Waals surface area contributed by atoms with Crippen LogP contribution < -0.4 is 0 Å². The summed E-state index contributed by atoms with van der Waals surface area (Å²) in [5, 5.41) is 2.48. The molecule has 0 unspecified atom stereocenters. The van der Waals surface area contributed by atoms with E-state index in [-0.39, 0.29) is 0 Å². The van der Waals surface area contributed by atoms with Crippen molar-refractivity contribution in [1.82, 2.24) is 9.55 Å². The first kappa shape index (κ1) is 15.5. The summed E-state index contributed by atoms with van der Waals surface area (Å²) in [5.74, 6) is 0.839. The predicted molar refractivity (Wildman–Crippen MR) is 94.7 cm³/mol. The molecule has 0 aliphatic heterocycles. The Labute approximate surface area is 144 Å². The lowest BCUT2D eigenvalue weighted by Gasteiger charge is -2.06. The minimum Gasteiger partial charge on any atom is -0.322 e. The lowest BCUT2D eigenvalue weighted by molar-refractivity contribution is 0.796. The van der Waals surface area contributed by atoms with Crippen molar-refractivity contribution in [3.63, 3.8) is 0 Å². The fraction of sp³-hybridized carbons (Fsp3) is 0.118. The van der Waals surface area contributed by atoms with Crippen molar-refractivity contribution in [3.05, 3.63) is 70.3 Å². The Kier molecular flexibility index (Phi) is 4.77. The first-order valence-electron chi connectivity index (χ1n) is 6.78. The molecule has 5 heteroatoms. The number of imidazole rings is 1. The number of aromatic nitrogens is 2. The minimum absolute atomic E-state index is 0.737. The standard InChI is InChI=1S/C17H14Cl2N2S/c1-21-16(13-5-7-14(18)8-6-13)10-20-17(21)22-11-12-3-2-4-15(19)9-12/h2-10H,11H2,1H3. The highest BCUT2D eigenvalue weighted by Gasteiger charge is 2.09. The van der Waals surface area contributed by atoms with Crippen LogP contribution >= 0.6 is 35.0 Å². The molecule has 0 amide bonds. The Morgan fingerprint density at radius 3 is 2.55 bits per heavy atom. The Morgan fingerprint density at radius 1 is 1.05 bits per heavy atom. The van der Waals surface area contributed by atoms with Crippen molar-refractivity contribution in [2.75, 3.05) is 0 Å². The first-order chi connectivity index (χ1) is 10.6. The van der Waals surface area contributed by atoms with E-state index in [1.165, 1.54) is 5.56 Å². The number of hydrogen-bond acceptors (Lipinski definition) is 2. The summed E-state index contributed by atoms with van der Waals surface area (Å²) in [7, 11) is 2.03. The number of benzene rings is 2. The molecule has 0 radical (unpaired) electrons.